The fraction of sp³-hybridized carbons (Fsp3) is 0.375. The molecule has 2 heterocycles. The van der Waals surface area contributed by atoms with Crippen LogP contribution in [-0.2, 0) is 16.2 Å². The molecule has 110 valence electrons. The van der Waals surface area contributed by atoms with Crippen molar-refractivity contribution in [1.82, 2.24) is 10.0 Å². The Morgan fingerprint density at radius 1 is 1.38 bits per heavy atom. The van der Waals surface area contributed by atoms with Crippen LogP contribution in [0.4, 0.5) is 0 Å². The summed E-state index contributed by atoms with van der Waals surface area (Å²) in [5, 5.41) is 2.80. The van der Waals surface area contributed by atoms with Crippen LogP contribution in [0.3, 0.4) is 0 Å². The van der Waals surface area contributed by atoms with Gasteiger partial charge in [0.25, 0.3) is 5.91 Å². The average molecular weight is 305 g/mol. The molecule has 0 spiro atoms. The van der Waals surface area contributed by atoms with E-state index >= 15 is 0 Å². The summed E-state index contributed by atoms with van der Waals surface area (Å²) in [5.41, 5.74) is 2.32. The largest absolute Gasteiger partial charge is 0.272 e. The Morgan fingerprint density at radius 2 is 2.14 bits per heavy atom. The van der Waals surface area contributed by atoms with Gasteiger partial charge in [0, 0.05) is 10.9 Å². The van der Waals surface area contributed by atoms with E-state index in [2.05, 4.69) is 11.1 Å². The lowest BCUT2D eigenvalue weighted by molar-refractivity contribution is -0.165. The summed E-state index contributed by atoms with van der Waals surface area (Å²) in [6.07, 6.45) is 0. The zero-order chi connectivity index (χ0) is 15.2. The maximum atomic E-state index is 12.2. The highest BCUT2D eigenvalue weighted by molar-refractivity contribution is 6.30. The van der Waals surface area contributed by atoms with Crippen molar-refractivity contribution < 1.29 is 9.63 Å². The molecule has 1 aromatic carbocycles. The Bertz CT molecular complexity index is 728. The summed E-state index contributed by atoms with van der Waals surface area (Å²) in [6.45, 7) is 6.49. The summed E-state index contributed by atoms with van der Waals surface area (Å²) >= 11 is 6.24. The summed E-state index contributed by atoms with van der Waals surface area (Å²) in [5.74, 6) is -0.0251. The predicted octanol–water partition coefficient (Wildman–Crippen LogP) is 3.50. The number of aromatic nitrogens is 1. The van der Waals surface area contributed by atoms with Crippen LogP contribution in [-0.4, -0.2) is 22.6 Å². The molecule has 0 atom stereocenters. The number of benzene rings is 1. The number of pyridine rings is 1. The smallest absolute Gasteiger partial charge is 0.254 e. The summed E-state index contributed by atoms with van der Waals surface area (Å²) in [4.78, 5) is 22.1. The first-order valence-corrected chi connectivity index (χ1v) is 7.25. The number of hydroxylamine groups is 2. The van der Waals surface area contributed by atoms with Gasteiger partial charge in [-0.05, 0) is 39.0 Å². The van der Waals surface area contributed by atoms with E-state index in [1.807, 2.05) is 39.0 Å². The quantitative estimate of drug-likeness (QED) is 0.798. The minimum absolute atomic E-state index is 0.0251. The van der Waals surface area contributed by atoms with E-state index in [1.54, 1.807) is 0 Å². The molecule has 0 N–H and O–H groups in total. The molecule has 1 amide bonds. The number of rotatable bonds is 2. The van der Waals surface area contributed by atoms with E-state index in [0.717, 1.165) is 22.0 Å². The lowest BCUT2D eigenvalue weighted by Gasteiger charge is -2.17. The molecule has 1 saturated heterocycles. The zero-order valence-electron chi connectivity index (χ0n) is 12.3. The van der Waals surface area contributed by atoms with Crippen molar-refractivity contribution in [3.63, 3.8) is 0 Å². The molecule has 0 saturated carbocycles. The number of carbonyl (C=O) groups excluding carboxylic acids is 1. The second-order valence-corrected chi connectivity index (χ2v) is 6.49. The fourth-order valence-electron chi connectivity index (χ4n) is 2.40. The van der Waals surface area contributed by atoms with Gasteiger partial charge in [-0.25, -0.2) is 10.0 Å². The second kappa shape index (κ2) is 4.97. The third-order valence-corrected chi connectivity index (χ3v) is 4.02. The van der Waals surface area contributed by atoms with Crippen molar-refractivity contribution >= 4 is 28.4 Å². The van der Waals surface area contributed by atoms with E-state index < -0.39 is 5.41 Å². The molecule has 1 aliphatic heterocycles. The third-order valence-electron chi connectivity index (χ3n) is 3.70. The molecule has 21 heavy (non-hydrogen) atoms. The van der Waals surface area contributed by atoms with Gasteiger partial charge in [0.2, 0.25) is 0 Å². The van der Waals surface area contributed by atoms with Gasteiger partial charge in [0.15, 0.2) is 0 Å². The number of carbonyl (C=O) groups is 1. The summed E-state index contributed by atoms with van der Waals surface area (Å²) < 4.78 is 0. The van der Waals surface area contributed by atoms with Crippen LogP contribution < -0.4 is 0 Å². The average Bonchev–Trinajstić information content (AvgIpc) is 2.67. The third kappa shape index (κ3) is 2.61. The van der Waals surface area contributed by atoms with Gasteiger partial charge in [0.05, 0.1) is 24.1 Å². The molecule has 1 aliphatic rings. The number of amides is 1. The van der Waals surface area contributed by atoms with E-state index in [9.17, 15) is 4.79 Å². The highest BCUT2D eigenvalue weighted by Crippen LogP contribution is 2.30. The van der Waals surface area contributed by atoms with Gasteiger partial charge in [0.1, 0.15) is 5.15 Å². The van der Waals surface area contributed by atoms with E-state index in [-0.39, 0.29) is 5.91 Å². The molecular formula is C16H17ClN2O2. The zero-order valence-corrected chi connectivity index (χ0v) is 13.1. The van der Waals surface area contributed by atoms with Crippen LogP contribution >= 0.6 is 11.6 Å². The molecule has 4 nitrogen and oxygen atoms in total. The Balaban J connectivity index is 1.94. The molecular weight excluding hydrogens is 288 g/mol. The van der Waals surface area contributed by atoms with Crippen molar-refractivity contribution in [1.29, 1.82) is 0 Å². The van der Waals surface area contributed by atoms with Gasteiger partial charge in [-0.1, -0.05) is 23.2 Å². The molecule has 1 aromatic heterocycles. The maximum absolute atomic E-state index is 12.2. The van der Waals surface area contributed by atoms with Crippen LogP contribution in [0.1, 0.15) is 25.0 Å². The number of aryl methyl sites for hydroxylation is 1. The second-order valence-electron chi connectivity index (χ2n) is 6.13. The first kappa shape index (κ1) is 14.3. The van der Waals surface area contributed by atoms with E-state index in [4.69, 9.17) is 16.4 Å². The molecule has 0 aliphatic carbocycles. The van der Waals surface area contributed by atoms with Gasteiger partial charge in [-0.2, -0.15) is 0 Å². The molecule has 0 unspecified atom stereocenters. The molecule has 1 fully saturated rings. The van der Waals surface area contributed by atoms with Crippen molar-refractivity contribution in [3.8, 4) is 0 Å². The first-order valence-electron chi connectivity index (χ1n) is 6.87. The normalized spacial score (nSPS) is 17.7. The number of hydrogen-bond donors (Lipinski definition) is 0. The van der Waals surface area contributed by atoms with Crippen LogP contribution in [0, 0.1) is 12.3 Å². The predicted molar refractivity (Wildman–Crippen MR) is 81.8 cm³/mol. The van der Waals surface area contributed by atoms with Crippen LogP contribution in [0.15, 0.2) is 24.3 Å². The van der Waals surface area contributed by atoms with E-state index in [1.165, 1.54) is 5.06 Å². The van der Waals surface area contributed by atoms with Crippen LogP contribution in [0.25, 0.3) is 10.9 Å². The van der Waals surface area contributed by atoms with E-state index in [0.29, 0.717) is 18.3 Å². The lowest BCUT2D eigenvalue weighted by Crippen LogP contribution is -2.30. The summed E-state index contributed by atoms with van der Waals surface area (Å²) in [7, 11) is 0. The van der Waals surface area contributed by atoms with Gasteiger partial charge in [-0.15, -0.1) is 0 Å². The van der Waals surface area contributed by atoms with Crippen LogP contribution in [0.5, 0.6) is 0 Å². The Morgan fingerprint density at radius 3 is 2.81 bits per heavy atom. The van der Waals surface area contributed by atoms with Crippen molar-refractivity contribution in [2.45, 2.75) is 27.3 Å². The fourth-order valence-corrected chi connectivity index (χ4v) is 2.60. The molecule has 5 heteroatoms. The summed E-state index contributed by atoms with van der Waals surface area (Å²) in [6, 6.07) is 7.97. The Labute approximate surface area is 128 Å². The molecule has 0 bridgehead atoms. The van der Waals surface area contributed by atoms with Gasteiger partial charge < -0.3 is 0 Å². The molecule has 0 radical (unpaired) electrons. The van der Waals surface area contributed by atoms with Crippen molar-refractivity contribution in [3.05, 3.63) is 40.5 Å². The van der Waals surface area contributed by atoms with Crippen molar-refractivity contribution in [2.24, 2.45) is 5.41 Å². The molecule has 3 rings (SSSR count). The number of hydrogen-bond acceptors (Lipinski definition) is 3. The molecule has 2 aromatic rings. The minimum Gasteiger partial charge on any atom is -0.272 e. The minimum atomic E-state index is -0.479. The van der Waals surface area contributed by atoms with Crippen LogP contribution in [0.2, 0.25) is 5.15 Å². The van der Waals surface area contributed by atoms with Gasteiger partial charge >= 0.3 is 0 Å². The Hall–Kier alpha value is -1.65. The first-order chi connectivity index (χ1) is 9.87. The highest BCUT2D eigenvalue weighted by atomic mass is 35.5. The Kier molecular flexibility index (Phi) is 3.38. The number of fused-ring (bicyclic) bond motifs is 1. The SMILES string of the molecule is Cc1ccc2nc(Cl)c(CN3OCC(C)(C)C3=O)cc2c1. The standard InChI is InChI=1S/C16H17ClN2O2/c1-10-4-5-13-11(6-10)7-12(14(17)18-13)8-19-15(20)16(2,3)9-21-19/h4-7H,8-9H2,1-3H3. The highest BCUT2D eigenvalue weighted by Gasteiger charge is 2.40. The monoisotopic (exact) mass is 304 g/mol. The number of nitrogens with zero attached hydrogens (tertiary/aromatic N) is 2. The lowest BCUT2D eigenvalue weighted by atomic mass is 9.95. The van der Waals surface area contributed by atoms with Crippen molar-refractivity contribution in [2.75, 3.05) is 6.61 Å². The maximum Gasteiger partial charge on any atom is 0.254 e. The number of halogens is 1. The van der Waals surface area contributed by atoms with Gasteiger partial charge in [-0.3, -0.25) is 9.63 Å². The topological polar surface area (TPSA) is 42.4 Å².